The second-order valence-electron chi connectivity index (χ2n) is 4.96. The van der Waals surface area contributed by atoms with Crippen molar-refractivity contribution in [1.29, 1.82) is 0 Å². The summed E-state index contributed by atoms with van der Waals surface area (Å²) in [5.74, 6) is 0. The molecular formula is C11H26N2O. The summed E-state index contributed by atoms with van der Waals surface area (Å²) >= 11 is 0. The Morgan fingerprint density at radius 3 is 2.14 bits per heavy atom. The van der Waals surface area contributed by atoms with E-state index < -0.39 is 0 Å². The topological polar surface area (TPSA) is 33.3 Å². The van der Waals surface area contributed by atoms with Gasteiger partial charge in [-0.1, -0.05) is 6.92 Å². The predicted octanol–water partition coefficient (Wildman–Crippen LogP) is 1.39. The molecule has 0 radical (unpaired) electrons. The second kappa shape index (κ2) is 5.69. The molecule has 3 nitrogen and oxygen atoms in total. The largest absolute Gasteiger partial charge is 0.372 e. The lowest BCUT2D eigenvalue weighted by molar-refractivity contribution is -0.0396. The maximum Gasteiger partial charge on any atom is 0.0751 e. The number of hydrogen-bond acceptors (Lipinski definition) is 3. The van der Waals surface area contributed by atoms with Crippen LogP contribution in [0.3, 0.4) is 0 Å². The standard InChI is InChI=1S/C11H26N2O/c1-7-13-8-11(4,5)14-9-10(2,3)12-6/h12-13H,7-9H2,1-6H3. The van der Waals surface area contributed by atoms with Gasteiger partial charge in [0, 0.05) is 12.1 Å². The van der Waals surface area contributed by atoms with Crippen molar-refractivity contribution in [3.05, 3.63) is 0 Å². The van der Waals surface area contributed by atoms with Crippen LogP contribution in [0.4, 0.5) is 0 Å². The molecule has 0 aliphatic carbocycles. The van der Waals surface area contributed by atoms with Crippen molar-refractivity contribution in [3.8, 4) is 0 Å². The SMILES string of the molecule is CCNCC(C)(C)OCC(C)(C)NC. The lowest BCUT2D eigenvalue weighted by atomic mass is 10.1. The summed E-state index contributed by atoms with van der Waals surface area (Å²) in [6.07, 6.45) is 0. The smallest absolute Gasteiger partial charge is 0.0751 e. The van der Waals surface area contributed by atoms with Crippen LogP contribution in [0.15, 0.2) is 0 Å². The highest BCUT2D eigenvalue weighted by Gasteiger charge is 2.22. The van der Waals surface area contributed by atoms with E-state index in [4.69, 9.17) is 4.74 Å². The first-order valence-electron chi connectivity index (χ1n) is 5.36. The van der Waals surface area contributed by atoms with Crippen LogP contribution in [0.1, 0.15) is 34.6 Å². The third kappa shape index (κ3) is 6.35. The Morgan fingerprint density at radius 1 is 1.14 bits per heavy atom. The molecule has 0 saturated carbocycles. The van der Waals surface area contributed by atoms with Crippen molar-refractivity contribution in [1.82, 2.24) is 10.6 Å². The fraction of sp³-hybridized carbons (Fsp3) is 1.00. The van der Waals surface area contributed by atoms with Gasteiger partial charge >= 0.3 is 0 Å². The van der Waals surface area contributed by atoms with Crippen molar-refractivity contribution in [2.24, 2.45) is 0 Å². The molecule has 0 saturated heterocycles. The Morgan fingerprint density at radius 2 is 1.71 bits per heavy atom. The molecule has 2 N–H and O–H groups in total. The summed E-state index contributed by atoms with van der Waals surface area (Å²) in [7, 11) is 1.96. The molecule has 0 aromatic heterocycles. The van der Waals surface area contributed by atoms with Gasteiger partial charge < -0.3 is 15.4 Å². The van der Waals surface area contributed by atoms with Crippen molar-refractivity contribution in [3.63, 3.8) is 0 Å². The fourth-order valence-corrected chi connectivity index (χ4v) is 0.925. The Kier molecular flexibility index (Phi) is 5.64. The number of nitrogens with one attached hydrogen (secondary N) is 2. The monoisotopic (exact) mass is 202 g/mol. The number of rotatable bonds is 7. The second-order valence-corrected chi connectivity index (χ2v) is 4.96. The molecule has 0 heterocycles. The molecular weight excluding hydrogens is 176 g/mol. The van der Waals surface area contributed by atoms with Crippen molar-refractivity contribution < 1.29 is 4.74 Å². The van der Waals surface area contributed by atoms with Gasteiger partial charge in [-0.3, -0.25) is 0 Å². The average molecular weight is 202 g/mol. The molecule has 86 valence electrons. The van der Waals surface area contributed by atoms with E-state index in [1.165, 1.54) is 0 Å². The zero-order valence-electron chi connectivity index (χ0n) is 10.5. The minimum absolute atomic E-state index is 0.0451. The number of ether oxygens (including phenoxy) is 1. The van der Waals surface area contributed by atoms with Crippen LogP contribution < -0.4 is 10.6 Å². The molecule has 0 aliphatic heterocycles. The van der Waals surface area contributed by atoms with E-state index in [0.717, 1.165) is 19.7 Å². The molecule has 0 atom stereocenters. The maximum absolute atomic E-state index is 5.86. The Bertz CT molecular complexity index is 155. The Balaban J connectivity index is 3.85. The third-order valence-electron chi connectivity index (χ3n) is 2.30. The van der Waals surface area contributed by atoms with Gasteiger partial charge in [0.05, 0.1) is 12.2 Å². The minimum Gasteiger partial charge on any atom is -0.372 e. The van der Waals surface area contributed by atoms with Crippen LogP contribution in [0.2, 0.25) is 0 Å². The van der Waals surface area contributed by atoms with Gasteiger partial charge in [-0.05, 0) is 41.3 Å². The molecule has 0 aromatic carbocycles. The van der Waals surface area contributed by atoms with E-state index in [0.29, 0.717) is 0 Å². The number of likely N-dealkylation sites (N-methyl/N-ethyl adjacent to an activating group) is 2. The molecule has 0 aromatic rings. The van der Waals surface area contributed by atoms with Gasteiger partial charge in [0.15, 0.2) is 0 Å². The summed E-state index contributed by atoms with van der Waals surface area (Å²) < 4.78 is 5.86. The highest BCUT2D eigenvalue weighted by atomic mass is 16.5. The summed E-state index contributed by atoms with van der Waals surface area (Å²) in [5, 5.41) is 6.52. The van der Waals surface area contributed by atoms with Gasteiger partial charge in [-0.25, -0.2) is 0 Å². The van der Waals surface area contributed by atoms with Crippen LogP contribution >= 0.6 is 0 Å². The van der Waals surface area contributed by atoms with Crippen molar-refractivity contribution >= 4 is 0 Å². The maximum atomic E-state index is 5.86. The molecule has 0 unspecified atom stereocenters. The van der Waals surface area contributed by atoms with E-state index in [2.05, 4.69) is 45.3 Å². The molecule has 14 heavy (non-hydrogen) atoms. The zero-order chi connectivity index (χ0) is 11.2. The molecule has 0 bridgehead atoms. The summed E-state index contributed by atoms with van der Waals surface area (Å²) in [5.41, 5.74) is -0.0480. The Labute approximate surface area is 88.6 Å². The first-order chi connectivity index (χ1) is 6.33. The molecule has 0 aliphatic rings. The molecule has 0 spiro atoms. The normalized spacial score (nSPS) is 13.3. The van der Waals surface area contributed by atoms with E-state index >= 15 is 0 Å². The van der Waals surface area contributed by atoms with Crippen LogP contribution in [0, 0.1) is 0 Å². The van der Waals surface area contributed by atoms with Crippen LogP contribution in [-0.4, -0.2) is 37.9 Å². The zero-order valence-corrected chi connectivity index (χ0v) is 10.5. The van der Waals surface area contributed by atoms with Crippen LogP contribution in [-0.2, 0) is 4.74 Å². The van der Waals surface area contributed by atoms with Crippen LogP contribution in [0.25, 0.3) is 0 Å². The van der Waals surface area contributed by atoms with Gasteiger partial charge in [0.1, 0.15) is 0 Å². The minimum atomic E-state index is -0.0931. The summed E-state index contributed by atoms with van der Waals surface area (Å²) in [4.78, 5) is 0. The van der Waals surface area contributed by atoms with Gasteiger partial charge in [-0.15, -0.1) is 0 Å². The summed E-state index contributed by atoms with van der Waals surface area (Å²) in [6, 6.07) is 0. The van der Waals surface area contributed by atoms with Gasteiger partial charge in [0.25, 0.3) is 0 Å². The van der Waals surface area contributed by atoms with Crippen molar-refractivity contribution in [2.45, 2.75) is 45.8 Å². The molecule has 3 heteroatoms. The quantitative estimate of drug-likeness (QED) is 0.654. The third-order valence-corrected chi connectivity index (χ3v) is 2.30. The highest BCUT2D eigenvalue weighted by molar-refractivity contribution is 4.78. The van der Waals surface area contributed by atoms with Crippen molar-refractivity contribution in [2.75, 3.05) is 26.7 Å². The van der Waals surface area contributed by atoms with Gasteiger partial charge in [0.2, 0.25) is 0 Å². The highest BCUT2D eigenvalue weighted by Crippen LogP contribution is 2.11. The first-order valence-corrected chi connectivity index (χ1v) is 5.36. The Hall–Kier alpha value is -0.120. The number of hydrogen-bond donors (Lipinski definition) is 2. The lowest BCUT2D eigenvalue weighted by Gasteiger charge is -2.31. The van der Waals surface area contributed by atoms with E-state index in [1.54, 1.807) is 0 Å². The van der Waals surface area contributed by atoms with E-state index in [-0.39, 0.29) is 11.1 Å². The molecule has 0 fully saturated rings. The average Bonchev–Trinajstić information content (AvgIpc) is 2.12. The first kappa shape index (κ1) is 13.9. The molecule has 0 rings (SSSR count). The fourth-order valence-electron chi connectivity index (χ4n) is 0.925. The summed E-state index contributed by atoms with van der Waals surface area (Å²) in [6.45, 7) is 13.2. The van der Waals surface area contributed by atoms with E-state index in [1.807, 2.05) is 7.05 Å². The predicted molar refractivity (Wildman–Crippen MR) is 61.7 cm³/mol. The van der Waals surface area contributed by atoms with Gasteiger partial charge in [-0.2, -0.15) is 0 Å². The molecule has 0 amide bonds. The lowest BCUT2D eigenvalue weighted by Crippen LogP contribution is -2.46. The van der Waals surface area contributed by atoms with Crippen LogP contribution in [0.5, 0.6) is 0 Å². The van der Waals surface area contributed by atoms with E-state index in [9.17, 15) is 0 Å².